The molecule has 32 heavy (non-hydrogen) atoms. The quantitative estimate of drug-likeness (QED) is 0.163. The fraction of sp³-hybridized carbons (Fsp3) is 0.185. The molecule has 1 aliphatic heterocycles. The predicted molar refractivity (Wildman–Crippen MR) is 119 cm³/mol. The largest absolute Gasteiger partial charge is 0.388 e. The lowest BCUT2D eigenvalue weighted by Crippen LogP contribution is -2.19. The highest BCUT2D eigenvalue weighted by Gasteiger charge is 2.50. The minimum atomic E-state index is -0.621. The number of aliphatic hydroxyl groups excluding tert-OH is 2. The molecule has 4 atom stereocenters. The second kappa shape index (κ2) is 5.26. The second-order valence-electron chi connectivity index (χ2n) is 9.36. The van der Waals surface area contributed by atoms with Gasteiger partial charge in [0, 0.05) is 5.39 Å². The van der Waals surface area contributed by atoms with Crippen molar-refractivity contribution in [1.29, 1.82) is 0 Å². The Balaban J connectivity index is 1.64. The van der Waals surface area contributed by atoms with Gasteiger partial charge in [0.25, 0.3) is 0 Å². The molecule has 0 bridgehead atoms. The van der Waals surface area contributed by atoms with E-state index in [1.807, 2.05) is 36.4 Å². The number of ether oxygens (including phenoxy) is 1. The van der Waals surface area contributed by atoms with Gasteiger partial charge in [0.15, 0.2) is 0 Å². The van der Waals surface area contributed by atoms with Gasteiger partial charge in [-0.2, -0.15) is 0 Å². The number of aliphatic hydroxyl groups is 2. The van der Waals surface area contributed by atoms with Crippen LogP contribution in [0.4, 0.5) is 0 Å². The average Bonchev–Trinajstić information content (AvgIpc) is 3.61. The molecule has 5 nitrogen and oxygen atoms in total. The summed E-state index contributed by atoms with van der Waals surface area (Å²) in [6.07, 6.45) is -0.348. The number of carbonyl (C=O) groups excluding carboxylic acids is 2. The fourth-order valence-electron chi connectivity index (χ4n) is 6.39. The Morgan fingerprint density at radius 2 is 1.03 bits per heavy atom. The van der Waals surface area contributed by atoms with Crippen molar-refractivity contribution in [1.82, 2.24) is 0 Å². The molecular weight excluding hydrogens is 404 g/mol. The predicted octanol–water partition coefficient (Wildman–Crippen LogP) is 4.76. The van der Waals surface area contributed by atoms with E-state index in [9.17, 15) is 19.8 Å². The Morgan fingerprint density at radius 1 is 0.594 bits per heavy atom. The van der Waals surface area contributed by atoms with E-state index in [0.717, 1.165) is 55.3 Å². The fourth-order valence-corrected chi connectivity index (χ4v) is 6.39. The molecule has 154 valence electrons. The van der Waals surface area contributed by atoms with Gasteiger partial charge in [0.2, 0.25) is 0 Å². The molecule has 5 aromatic carbocycles. The summed E-state index contributed by atoms with van der Waals surface area (Å²) in [7, 11) is 0. The molecule has 2 aliphatic carbocycles. The van der Waals surface area contributed by atoms with E-state index in [4.69, 9.17) is 4.74 Å². The van der Waals surface area contributed by atoms with E-state index >= 15 is 0 Å². The molecule has 4 unspecified atom stereocenters. The molecule has 0 spiro atoms. The molecule has 5 heteroatoms. The van der Waals surface area contributed by atoms with Crippen molar-refractivity contribution in [3.8, 4) is 0 Å². The van der Waals surface area contributed by atoms with Crippen molar-refractivity contribution < 1.29 is 24.5 Å². The van der Waals surface area contributed by atoms with Crippen molar-refractivity contribution in [2.24, 2.45) is 11.8 Å². The van der Waals surface area contributed by atoms with Gasteiger partial charge in [0.05, 0.1) is 23.3 Å². The zero-order valence-corrected chi connectivity index (χ0v) is 16.8. The number of hydrogen-bond donors (Lipinski definition) is 2. The van der Waals surface area contributed by atoms with Crippen molar-refractivity contribution in [3.63, 3.8) is 0 Å². The zero-order chi connectivity index (χ0) is 21.5. The van der Waals surface area contributed by atoms with Gasteiger partial charge in [-0.1, -0.05) is 36.4 Å². The molecule has 1 heterocycles. The minimum Gasteiger partial charge on any atom is -0.388 e. The molecule has 2 N–H and O–H groups in total. The van der Waals surface area contributed by atoms with Gasteiger partial charge in [-0.3, -0.25) is 0 Å². The summed E-state index contributed by atoms with van der Waals surface area (Å²) in [5.74, 6) is -1.06. The van der Waals surface area contributed by atoms with Crippen LogP contribution in [0, 0.1) is 11.8 Å². The van der Waals surface area contributed by atoms with E-state index in [2.05, 4.69) is 0 Å². The van der Waals surface area contributed by atoms with Gasteiger partial charge >= 0.3 is 11.9 Å². The summed E-state index contributed by atoms with van der Waals surface area (Å²) in [6, 6.07) is 15.3. The SMILES string of the molecule is O=C1OC(=O)c2ccc3c4ccc5c6c(ccc(c7ccc1c2c73)c64)C(O)C1CC1C5O. The monoisotopic (exact) mass is 420 g/mol. The second-order valence-corrected chi connectivity index (χ2v) is 9.36. The number of cyclic esters (lactones) is 2. The summed E-state index contributed by atoms with van der Waals surface area (Å²) >= 11 is 0. The highest BCUT2D eigenvalue weighted by atomic mass is 16.6. The van der Waals surface area contributed by atoms with Crippen molar-refractivity contribution in [2.75, 3.05) is 0 Å². The van der Waals surface area contributed by atoms with Crippen LogP contribution in [-0.2, 0) is 4.74 Å². The number of carbonyl (C=O) groups is 2. The first-order chi connectivity index (χ1) is 15.5. The zero-order valence-electron chi connectivity index (χ0n) is 16.8. The average molecular weight is 420 g/mol. The Hall–Kier alpha value is -3.54. The lowest BCUT2D eigenvalue weighted by Gasteiger charge is -2.23. The summed E-state index contributed by atoms with van der Waals surface area (Å²) in [5.41, 5.74) is 2.55. The highest BCUT2D eigenvalue weighted by molar-refractivity contribution is 6.37. The molecule has 1 saturated carbocycles. The Labute approximate surface area is 181 Å². The first-order valence-electron chi connectivity index (χ1n) is 10.9. The lowest BCUT2D eigenvalue weighted by molar-refractivity contribution is 0.0391. The van der Waals surface area contributed by atoms with E-state index in [1.54, 1.807) is 12.1 Å². The van der Waals surface area contributed by atoms with Gasteiger partial charge < -0.3 is 14.9 Å². The third-order valence-electron chi connectivity index (χ3n) is 7.93. The third-order valence-corrected chi connectivity index (χ3v) is 7.93. The minimum absolute atomic E-state index is 0.0913. The normalized spacial score (nSPS) is 26.1. The first-order valence-corrected chi connectivity index (χ1v) is 10.9. The van der Waals surface area contributed by atoms with Crippen LogP contribution in [0.25, 0.3) is 43.1 Å². The van der Waals surface area contributed by atoms with Crippen LogP contribution in [0.5, 0.6) is 0 Å². The maximum absolute atomic E-state index is 12.4. The van der Waals surface area contributed by atoms with Crippen LogP contribution in [0.15, 0.2) is 48.5 Å². The maximum Gasteiger partial charge on any atom is 0.346 e. The summed E-state index contributed by atoms with van der Waals surface area (Å²) in [5, 5.41) is 29.5. The van der Waals surface area contributed by atoms with Crippen LogP contribution in [0.2, 0.25) is 0 Å². The molecular formula is C27H16O5. The number of esters is 2. The smallest absolute Gasteiger partial charge is 0.346 e. The topological polar surface area (TPSA) is 83.8 Å². The Kier molecular flexibility index (Phi) is 2.81. The highest BCUT2D eigenvalue weighted by Crippen LogP contribution is 2.59. The van der Waals surface area contributed by atoms with E-state index < -0.39 is 24.1 Å². The third kappa shape index (κ3) is 1.77. The lowest BCUT2D eigenvalue weighted by atomic mass is 9.83. The molecule has 0 radical (unpaired) electrons. The van der Waals surface area contributed by atoms with Crippen LogP contribution < -0.4 is 0 Å². The summed E-state index contributed by atoms with van der Waals surface area (Å²) in [6.45, 7) is 0. The number of benzene rings is 5. The molecule has 3 aliphatic rings. The molecule has 8 rings (SSSR count). The molecule has 0 saturated heterocycles. The van der Waals surface area contributed by atoms with Crippen LogP contribution >= 0.6 is 0 Å². The first kappa shape index (κ1) is 17.1. The van der Waals surface area contributed by atoms with Crippen LogP contribution in [0.3, 0.4) is 0 Å². The van der Waals surface area contributed by atoms with Gasteiger partial charge in [-0.15, -0.1) is 0 Å². The van der Waals surface area contributed by atoms with Crippen LogP contribution in [0.1, 0.15) is 50.5 Å². The molecule has 5 aromatic rings. The summed E-state index contributed by atoms with van der Waals surface area (Å²) in [4.78, 5) is 24.9. The standard InChI is InChI=1S/C27H16O5/c28-24-14-5-1-10-12-3-7-16-23-17(27(31)32-26(16)30)8-4-13(21(12)23)11-2-6-15(22(14)20(10)11)25(29)19-9-18(19)24/h1-8,18-19,24-25,28-29H,9H2. The summed E-state index contributed by atoms with van der Waals surface area (Å²) < 4.78 is 4.93. The molecule has 1 fully saturated rings. The van der Waals surface area contributed by atoms with Crippen molar-refractivity contribution in [2.45, 2.75) is 18.6 Å². The van der Waals surface area contributed by atoms with E-state index in [0.29, 0.717) is 16.5 Å². The molecule has 0 aromatic heterocycles. The van der Waals surface area contributed by atoms with Crippen molar-refractivity contribution in [3.05, 3.63) is 70.8 Å². The van der Waals surface area contributed by atoms with Gasteiger partial charge in [0.1, 0.15) is 0 Å². The van der Waals surface area contributed by atoms with E-state index in [1.165, 1.54) is 0 Å². The number of fused-ring (bicyclic) bond motifs is 3. The number of hydrogen-bond acceptors (Lipinski definition) is 5. The van der Waals surface area contributed by atoms with E-state index in [-0.39, 0.29) is 11.8 Å². The number of rotatable bonds is 0. The van der Waals surface area contributed by atoms with Crippen LogP contribution in [-0.4, -0.2) is 22.2 Å². The van der Waals surface area contributed by atoms with Gasteiger partial charge in [-0.05, 0) is 79.2 Å². The molecule has 0 amide bonds. The maximum atomic E-state index is 12.4. The Morgan fingerprint density at radius 3 is 1.53 bits per heavy atom. The Bertz CT molecular complexity index is 1600. The van der Waals surface area contributed by atoms with Crippen molar-refractivity contribution >= 4 is 55.0 Å². The van der Waals surface area contributed by atoms with Gasteiger partial charge in [-0.25, -0.2) is 9.59 Å².